The Bertz CT molecular complexity index is 777. The van der Waals surface area contributed by atoms with Crippen LogP contribution in [0.4, 0.5) is 0 Å². The van der Waals surface area contributed by atoms with Crippen molar-refractivity contribution in [3.63, 3.8) is 0 Å². The minimum atomic E-state index is -3.55. The molecular weight excluding hydrogens is 402 g/mol. The Kier molecular flexibility index (Phi) is 6.24. The van der Waals surface area contributed by atoms with Gasteiger partial charge in [-0.2, -0.15) is 8.42 Å². The summed E-state index contributed by atoms with van der Waals surface area (Å²) >= 11 is 0. The Balaban J connectivity index is 1.33. The largest absolute Gasteiger partial charge is 0.464 e. The maximum atomic E-state index is 12.1. The number of ether oxygens (including phenoxy) is 2. The van der Waals surface area contributed by atoms with Gasteiger partial charge in [-0.1, -0.05) is 20.8 Å². The van der Waals surface area contributed by atoms with Crippen LogP contribution >= 0.6 is 0 Å². The molecule has 3 rings (SSSR count). The van der Waals surface area contributed by atoms with Crippen LogP contribution in [0.25, 0.3) is 0 Å². The SMILES string of the molecule is CCC(C)(C)C(=O)NCCOC(=O)CCC(=O)OC1C2CC3C1OS(=O)(=O)C3C2. The number of nitrogens with one attached hydrogen (secondary N) is 1. The third-order valence-electron chi connectivity index (χ3n) is 6.36. The van der Waals surface area contributed by atoms with E-state index in [1.807, 2.05) is 20.8 Å². The molecule has 0 aromatic rings. The summed E-state index contributed by atoms with van der Waals surface area (Å²) in [5.74, 6) is -1.33. The molecule has 1 N–H and O–H groups in total. The maximum Gasteiger partial charge on any atom is 0.306 e. The lowest BCUT2D eigenvalue weighted by Crippen LogP contribution is -2.38. The molecule has 1 aliphatic heterocycles. The van der Waals surface area contributed by atoms with E-state index in [0.29, 0.717) is 19.3 Å². The molecule has 5 atom stereocenters. The molecule has 2 saturated carbocycles. The number of carbonyl (C=O) groups excluding carboxylic acids is 3. The Morgan fingerprint density at radius 2 is 1.83 bits per heavy atom. The van der Waals surface area contributed by atoms with Gasteiger partial charge in [0.05, 0.1) is 24.6 Å². The smallest absolute Gasteiger partial charge is 0.306 e. The number of rotatable bonds is 9. The van der Waals surface area contributed by atoms with Crippen LogP contribution in [0.15, 0.2) is 0 Å². The topological polar surface area (TPSA) is 125 Å². The lowest BCUT2D eigenvalue weighted by molar-refractivity contribution is -0.158. The van der Waals surface area contributed by atoms with Crippen LogP contribution < -0.4 is 5.32 Å². The first kappa shape index (κ1) is 22.0. The summed E-state index contributed by atoms with van der Waals surface area (Å²) in [6, 6.07) is 0. The average molecular weight is 432 g/mol. The van der Waals surface area contributed by atoms with Crippen molar-refractivity contribution in [3.8, 4) is 0 Å². The molecule has 10 heteroatoms. The summed E-state index contributed by atoms with van der Waals surface area (Å²) in [7, 11) is -3.55. The van der Waals surface area contributed by atoms with Gasteiger partial charge in [-0.3, -0.25) is 18.6 Å². The van der Waals surface area contributed by atoms with Crippen LogP contribution in [0.3, 0.4) is 0 Å². The molecule has 29 heavy (non-hydrogen) atoms. The number of esters is 2. The number of hydrogen-bond donors (Lipinski definition) is 1. The number of carbonyl (C=O) groups is 3. The van der Waals surface area contributed by atoms with E-state index in [2.05, 4.69) is 5.32 Å². The number of amides is 1. The van der Waals surface area contributed by atoms with E-state index < -0.39 is 44.9 Å². The molecule has 0 aromatic heterocycles. The molecule has 3 aliphatic rings. The third kappa shape index (κ3) is 4.58. The molecule has 1 saturated heterocycles. The van der Waals surface area contributed by atoms with E-state index in [9.17, 15) is 22.8 Å². The molecular formula is C19H29NO8S. The molecule has 1 heterocycles. The Hall–Kier alpha value is -1.68. The third-order valence-corrected chi connectivity index (χ3v) is 8.14. The fraction of sp³-hybridized carbons (Fsp3) is 0.842. The lowest BCUT2D eigenvalue weighted by Gasteiger charge is -2.24. The van der Waals surface area contributed by atoms with E-state index >= 15 is 0 Å². The highest BCUT2D eigenvalue weighted by Crippen LogP contribution is 2.55. The Morgan fingerprint density at radius 3 is 2.52 bits per heavy atom. The minimum Gasteiger partial charge on any atom is -0.464 e. The minimum absolute atomic E-state index is 0.000778. The van der Waals surface area contributed by atoms with E-state index in [4.69, 9.17) is 13.7 Å². The summed E-state index contributed by atoms with van der Waals surface area (Å²) in [5.41, 5.74) is -0.476. The first-order chi connectivity index (χ1) is 13.5. The fourth-order valence-electron chi connectivity index (χ4n) is 4.26. The van der Waals surface area contributed by atoms with E-state index in [-0.39, 0.29) is 43.7 Å². The zero-order valence-electron chi connectivity index (χ0n) is 17.0. The van der Waals surface area contributed by atoms with Gasteiger partial charge >= 0.3 is 11.9 Å². The van der Waals surface area contributed by atoms with Crippen molar-refractivity contribution in [1.29, 1.82) is 0 Å². The molecule has 3 fully saturated rings. The van der Waals surface area contributed by atoms with Crippen LogP contribution in [0.5, 0.6) is 0 Å². The average Bonchev–Trinajstić information content (AvgIpc) is 3.27. The van der Waals surface area contributed by atoms with Crippen molar-refractivity contribution in [2.24, 2.45) is 17.3 Å². The molecule has 0 spiro atoms. The van der Waals surface area contributed by atoms with E-state index in [0.717, 1.165) is 0 Å². The Labute approximate surface area is 171 Å². The van der Waals surface area contributed by atoms with Gasteiger partial charge in [-0.25, -0.2) is 0 Å². The quantitative estimate of drug-likeness (QED) is 0.324. The van der Waals surface area contributed by atoms with Gasteiger partial charge in [0, 0.05) is 17.3 Å². The first-order valence-corrected chi connectivity index (χ1v) is 11.6. The van der Waals surface area contributed by atoms with Crippen molar-refractivity contribution in [2.45, 2.75) is 70.3 Å². The van der Waals surface area contributed by atoms with Gasteiger partial charge in [0.1, 0.15) is 18.8 Å². The van der Waals surface area contributed by atoms with E-state index in [1.165, 1.54) is 0 Å². The van der Waals surface area contributed by atoms with Gasteiger partial charge in [0.15, 0.2) is 0 Å². The van der Waals surface area contributed by atoms with Crippen molar-refractivity contribution >= 4 is 28.0 Å². The second-order valence-corrected chi connectivity index (χ2v) is 10.4. The van der Waals surface area contributed by atoms with Crippen LogP contribution in [0.1, 0.15) is 52.9 Å². The van der Waals surface area contributed by atoms with Gasteiger partial charge < -0.3 is 14.8 Å². The van der Waals surface area contributed by atoms with Crippen LogP contribution in [-0.4, -0.2) is 56.9 Å². The number of fused-ring (bicyclic) bond motifs is 1. The fourth-order valence-corrected chi connectivity index (χ4v) is 6.14. The van der Waals surface area contributed by atoms with Crippen LogP contribution in [0, 0.1) is 17.3 Å². The highest BCUT2D eigenvalue weighted by molar-refractivity contribution is 7.87. The molecule has 2 aliphatic carbocycles. The zero-order chi connectivity index (χ0) is 21.4. The second kappa shape index (κ2) is 8.22. The van der Waals surface area contributed by atoms with Crippen LogP contribution in [-0.2, 0) is 38.2 Å². The van der Waals surface area contributed by atoms with Gasteiger partial charge in [-0.05, 0) is 19.3 Å². The molecule has 9 nitrogen and oxygen atoms in total. The molecule has 2 bridgehead atoms. The monoisotopic (exact) mass is 431 g/mol. The summed E-state index contributed by atoms with van der Waals surface area (Å²) in [4.78, 5) is 35.8. The second-order valence-electron chi connectivity index (χ2n) is 8.66. The maximum absolute atomic E-state index is 12.1. The molecule has 164 valence electrons. The normalized spacial score (nSPS) is 31.5. The summed E-state index contributed by atoms with van der Waals surface area (Å²) < 4.78 is 39.4. The predicted octanol–water partition coefficient (Wildman–Crippen LogP) is 0.911. The summed E-state index contributed by atoms with van der Waals surface area (Å²) in [5, 5.41) is 2.24. The lowest BCUT2D eigenvalue weighted by atomic mass is 9.89. The van der Waals surface area contributed by atoms with Crippen molar-refractivity contribution < 1.29 is 36.5 Å². The molecule has 0 aromatic carbocycles. The van der Waals surface area contributed by atoms with Crippen molar-refractivity contribution in [2.75, 3.05) is 13.2 Å². The van der Waals surface area contributed by atoms with Crippen molar-refractivity contribution in [1.82, 2.24) is 5.32 Å². The number of hydrogen-bond acceptors (Lipinski definition) is 8. The highest BCUT2D eigenvalue weighted by atomic mass is 32.2. The van der Waals surface area contributed by atoms with E-state index in [1.54, 1.807) is 0 Å². The highest BCUT2D eigenvalue weighted by Gasteiger charge is 2.65. The molecule has 5 unspecified atom stereocenters. The first-order valence-electron chi connectivity index (χ1n) is 10.1. The van der Waals surface area contributed by atoms with Crippen LogP contribution in [0.2, 0.25) is 0 Å². The Morgan fingerprint density at radius 1 is 1.14 bits per heavy atom. The van der Waals surface area contributed by atoms with Gasteiger partial charge in [0.25, 0.3) is 10.1 Å². The molecule has 1 amide bonds. The predicted molar refractivity (Wildman–Crippen MR) is 101 cm³/mol. The molecule has 0 radical (unpaired) electrons. The standard InChI is InChI=1S/C19H29NO8S/c1-4-19(2,3)18(23)20-7-8-26-14(21)5-6-15(22)27-16-11-9-12-13(10-11)29(24,25)28-17(12)16/h11-13,16-17H,4-10H2,1-3H3,(H,20,23). The summed E-state index contributed by atoms with van der Waals surface area (Å²) in [6.45, 7) is 5.83. The summed E-state index contributed by atoms with van der Waals surface area (Å²) in [6.07, 6.45) is 0.413. The van der Waals surface area contributed by atoms with Gasteiger partial charge in [0.2, 0.25) is 5.91 Å². The van der Waals surface area contributed by atoms with Gasteiger partial charge in [-0.15, -0.1) is 0 Å². The van der Waals surface area contributed by atoms with Crippen molar-refractivity contribution in [3.05, 3.63) is 0 Å². The zero-order valence-corrected chi connectivity index (χ0v) is 17.8.